The van der Waals surface area contributed by atoms with E-state index in [4.69, 9.17) is 19.4 Å². The van der Waals surface area contributed by atoms with Crippen molar-refractivity contribution in [1.82, 2.24) is 9.80 Å². The van der Waals surface area contributed by atoms with Gasteiger partial charge in [-0.2, -0.15) is 13.2 Å². The molecule has 0 saturated carbocycles. The molecule has 1 atom stereocenters. The molecule has 3 heterocycles. The van der Waals surface area contributed by atoms with E-state index in [-0.39, 0.29) is 11.5 Å². The quantitative estimate of drug-likeness (QED) is 0.729. The molecule has 1 spiro atoms. The van der Waals surface area contributed by atoms with E-state index in [0.29, 0.717) is 5.92 Å². The van der Waals surface area contributed by atoms with Crippen LogP contribution in [0.3, 0.4) is 0 Å². The van der Waals surface area contributed by atoms with Crippen molar-refractivity contribution < 1.29 is 37.3 Å². The molecular weight excluding hydrogens is 441 g/mol. The van der Waals surface area contributed by atoms with Crippen LogP contribution in [0.25, 0.3) is 0 Å². The summed E-state index contributed by atoms with van der Waals surface area (Å²) in [4.78, 5) is 26.0. The van der Waals surface area contributed by atoms with E-state index >= 15 is 0 Å². The number of carbonyl (C=O) groups excluding carboxylic acids is 1. The Balaban J connectivity index is 0.000000383. The predicted octanol–water partition coefficient (Wildman–Crippen LogP) is 2.89. The summed E-state index contributed by atoms with van der Waals surface area (Å²) in [6, 6.07) is 5.98. The second-order valence-corrected chi connectivity index (χ2v) is 9.07. The first-order valence-corrected chi connectivity index (χ1v) is 11.1. The topological polar surface area (TPSA) is 79.3 Å². The van der Waals surface area contributed by atoms with E-state index in [2.05, 4.69) is 18.7 Å². The number of ether oxygens (including phenoxy) is 2. The fraction of sp³-hybridized carbons (Fsp3) is 0.652. The van der Waals surface area contributed by atoms with Crippen molar-refractivity contribution in [2.24, 2.45) is 5.92 Å². The molecule has 4 rings (SSSR count). The van der Waals surface area contributed by atoms with Gasteiger partial charge in [-0.1, -0.05) is 6.07 Å². The third kappa shape index (κ3) is 6.68. The summed E-state index contributed by atoms with van der Waals surface area (Å²) >= 11 is 0. The van der Waals surface area contributed by atoms with Crippen LogP contribution >= 0.6 is 0 Å². The number of hydrogen-bond donors (Lipinski definition) is 1. The molecule has 0 aliphatic carbocycles. The Morgan fingerprint density at radius 3 is 2.30 bits per heavy atom. The standard InChI is InChI=1S/C21H30N2O3.C2HF3O2/c1-16-3-4-19(11-17(16)2)20(24)23-14-21(15-23)6-5-18(13-26-21)12-22-7-9-25-10-8-22;3-2(4,5)1(6)7/h3-4,11,18H,5-10,12-15H2,1-2H3;(H,6,7). The Bertz CT molecular complexity index is 839. The van der Waals surface area contributed by atoms with Gasteiger partial charge in [0.15, 0.2) is 0 Å². The summed E-state index contributed by atoms with van der Waals surface area (Å²) < 4.78 is 43.4. The van der Waals surface area contributed by atoms with E-state index in [1.165, 1.54) is 17.5 Å². The van der Waals surface area contributed by atoms with Gasteiger partial charge >= 0.3 is 12.1 Å². The molecule has 3 aliphatic rings. The number of benzene rings is 1. The molecule has 1 N–H and O–H groups in total. The Labute approximate surface area is 191 Å². The maximum Gasteiger partial charge on any atom is 0.490 e. The molecule has 1 amide bonds. The van der Waals surface area contributed by atoms with Gasteiger partial charge in [0.25, 0.3) is 5.91 Å². The number of aliphatic carboxylic acids is 1. The number of rotatable bonds is 3. The lowest BCUT2D eigenvalue weighted by Crippen LogP contribution is -2.66. The van der Waals surface area contributed by atoms with Crippen LogP contribution in [0.5, 0.6) is 0 Å². The molecule has 3 aliphatic heterocycles. The van der Waals surface area contributed by atoms with Crippen molar-refractivity contribution in [2.75, 3.05) is 52.5 Å². The summed E-state index contributed by atoms with van der Waals surface area (Å²) in [5.41, 5.74) is 3.11. The number of aryl methyl sites for hydroxylation is 2. The number of carboxylic acid groups (broad SMARTS) is 1. The monoisotopic (exact) mass is 472 g/mol. The zero-order valence-corrected chi connectivity index (χ0v) is 19.0. The number of morpholine rings is 1. The van der Waals surface area contributed by atoms with Gasteiger partial charge in [0, 0.05) is 25.2 Å². The zero-order chi connectivity index (χ0) is 24.2. The number of hydrogen-bond acceptors (Lipinski definition) is 5. The van der Waals surface area contributed by atoms with Gasteiger partial charge in [0.05, 0.1) is 32.9 Å². The van der Waals surface area contributed by atoms with Crippen molar-refractivity contribution in [2.45, 2.75) is 38.5 Å². The molecule has 33 heavy (non-hydrogen) atoms. The maximum atomic E-state index is 12.7. The molecule has 1 unspecified atom stereocenters. The van der Waals surface area contributed by atoms with E-state index < -0.39 is 12.1 Å². The number of nitrogens with zero attached hydrogens (tertiary/aromatic N) is 2. The Hall–Kier alpha value is -2.17. The Kier molecular flexibility index (Phi) is 8.02. The van der Waals surface area contributed by atoms with Crippen molar-refractivity contribution in [1.29, 1.82) is 0 Å². The van der Waals surface area contributed by atoms with Crippen LogP contribution in [0.4, 0.5) is 13.2 Å². The summed E-state index contributed by atoms with van der Waals surface area (Å²) in [6.45, 7) is 11.3. The minimum absolute atomic E-state index is 0.0864. The fourth-order valence-electron chi connectivity index (χ4n) is 4.31. The van der Waals surface area contributed by atoms with Gasteiger partial charge < -0.3 is 19.5 Å². The largest absolute Gasteiger partial charge is 0.490 e. The smallest absolute Gasteiger partial charge is 0.475 e. The van der Waals surface area contributed by atoms with Gasteiger partial charge in [0.1, 0.15) is 5.60 Å². The zero-order valence-electron chi connectivity index (χ0n) is 19.0. The fourth-order valence-corrected chi connectivity index (χ4v) is 4.31. The summed E-state index contributed by atoms with van der Waals surface area (Å²) in [5.74, 6) is -2.01. The predicted molar refractivity (Wildman–Crippen MR) is 114 cm³/mol. The third-order valence-electron chi connectivity index (χ3n) is 6.50. The summed E-state index contributed by atoms with van der Waals surface area (Å²) in [6.07, 6.45) is -2.82. The van der Waals surface area contributed by atoms with Crippen molar-refractivity contribution >= 4 is 11.9 Å². The van der Waals surface area contributed by atoms with Crippen LogP contribution in [-0.4, -0.2) is 91.1 Å². The summed E-state index contributed by atoms with van der Waals surface area (Å²) in [7, 11) is 0. The molecule has 7 nitrogen and oxygen atoms in total. The minimum Gasteiger partial charge on any atom is -0.475 e. The normalized spacial score (nSPS) is 22.8. The number of alkyl halides is 3. The lowest BCUT2D eigenvalue weighted by molar-refractivity contribution is -0.192. The first-order chi connectivity index (χ1) is 15.5. The lowest BCUT2D eigenvalue weighted by Gasteiger charge is -2.53. The lowest BCUT2D eigenvalue weighted by atomic mass is 9.82. The van der Waals surface area contributed by atoms with E-state index in [1.54, 1.807) is 0 Å². The molecular formula is C23H31F3N2O5. The van der Waals surface area contributed by atoms with Crippen LogP contribution in [0.1, 0.15) is 34.3 Å². The number of amides is 1. The highest BCUT2D eigenvalue weighted by molar-refractivity contribution is 5.95. The van der Waals surface area contributed by atoms with Gasteiger partial charge in [-0.05, 0) is 55.9 Å². The molecule has 184 valence electrons. The van der Waals surface area contributed by atoms with Crippen LogP contribution in [0.15, 0.2) is 18.2 Å². The molecule has 1 aromatic rings. The maximum absolute atomic E-state index is 12.7. The van der Waals surface area contributed by atoms with Crippen LogP contribution in [0, 0.1) is 19.8 Å². The van der Waals surface area contributed by atoms with Crippen molar-refractivity contribution in [3.8, 4) is 0 Å². The van der Waals surface area contributed by atoms with Gasteiger partial charge in [0.2, 0.25) is 0 Å². The van der Waals surface area contributed by atoms with Crippen LogP contribution in [-0.2, 0) is 14.3 Å². The van der Waals surface area contributed by atoms with Crippen molar-refractivity contribution in [3.05, 3.63) is 34.9 Å². The first-order valence-electron chi connectivity index (χ1n) is 11.1. The van der Waals surface area contributed by atoms with Crippen LogP contribution in [0.2, 0.25) is 0 Å². The summed E-state index contributed by atoms with van der Waals surface area (Å²) in [5, 5.41) is 7.12. The Morgan fingerprint density at radius 1 is 1.15 bits per heavy atom. The second-order valence-electron chi connectivity index (χ2n) is 9.07. The number of carbonyl (C=O) groups is 2. The minimum atomic E-state index is -5.08. The average Bonchev–Trinajstić information content (AvgIpc) is 2.75. The highest BCUT2D eigenvalue weighted by Gasteiger charge is 2.48. The third-order valence-corrected chi connectivity index (χ3v) is 6.50. The highest BCUT2D eigenvalue weighted by Crippen LogP contribution is 2.37. The SMILES string of the molecule is Cc1ccc(C(=O)N2CC3(CCC(CN4CCOCC4)CO3)C2)cc1C.O=C(O)C(F)(F)F. The number of carboxylic acids is 1. The Morgan fingerprint density at radius 2 is 1.79 bits per heavy atom. The first kappa shape index (κ1) is 25.5. The average molecular weight is 473 g/mol. The number of halogens is 3. The van der Waals surface area contributed by atoms with Gasteiger partial charge in [-0.25, -0.2) is 4.79 Å². The number of likely N-dealkylation sites (tertiary alicyclic amines) is 1. The van der Waals surface area contributed by atoms with Crippen LogP contribution < -0.4 is 0 Å². The van der Waals surface area contributed by atoms with Gasteiger partial charge in [-0.3, -0.25) is 9.69 Å². The molecule has 3 fully saturated rings. The van der Waals surface area contributed by atoms with Crippen molar-refractivity contribution in [3.63, 3.8) is 0 Å². The molecule has 0 bridgehead atoms. The molecule has 10 heteroatoms. The molecule has 3 saturated heterocycles. The van der Waals surface area contributed by atoms with E-state index in [1.807, 2.05) is 23.1 Å². The molecule has 1 aromatic carbocycles. The van der Waals surface area contributed by atoms with E-state index in [0.717, 1.165) is 64.5 Å². The molecule has 0 aromatic heterocycles. The molecule has 0 radical (unpaired) electrons. The van der Waals surface area contributed by atoms with Gasteiger partial charge in [-0.15, -0.1) is 0 Å². The highest BCUT2D eigenvalue weighted by atomic mass is 19.4. The van der Waals surface area contributed by atoms with E-state index in [9.17, 15) is 18.0 Å². The second kappa shape index (κ2) is 10.4.